The van der Waals surface area contributed by atoms with Crippen LogP contribution in [0.4, 0.5) is 0 Å². The maximum Gasteiger partial charge on any atom is 0.250 e. The van der Waals surface area contributed by atoms with Gasteiger partial charge >= 0.3 is 0 Å². The van der Waals surface area contributed by atoms with E-state index in [1.54, 1.807) is 21.5 Å². The molecule has 6 nitrogen and oxygen atoms in total. The van der Waals surface area contributed by atoms with Gasteiger partial charge in [-0.15, -0.1) is 5.10 Å². The fourth-order valence-corrected chi connectivity index (χ4v) is 1.47. The van der Waals surface area contributed by atoms with Crippen LogP contribution < -0.4 is 5.56 Å². The molecule has 0 aromatic carbocycles. The van der Waals surface area contributed by atoms with Gasteiger partial charge in [0, 0.05) is 18.8 Å². The van der Waals surface area contributed by atoms with Gasteiger partial charge in [0.05, 0.1) is 6.54 Å². The van der Waals surface area contributed by atoms with Crippen LogP contribution in [-0.2, 0) is 13.1 Å². The summed E-state index contributed by atoms with van der Waals surface area (Å²) in [6, 6.07) is 5.05. The van der Waals surface area contributed by atoms with Crippen molar-refractivity contribution in [2.45, 2.75) is 26.4 Å². The SMILES string of the molecule is CCCn1nnnc1Cn1ccccc1=O. The second-order valence-corrected chi connectivity index (χ2v) is 3.49. The lowest BCUT2D eigenvalue weighted by Gasteiger charge is -2.04. The first-order valence-corrected chi connectivity index (χ1v) is 5.21. The fraction of sp³-hybridized carbons (Fsp3) is 0.400. The summed E-state index contributed by atoms with van der Waals surface area (Å²) in [6.45, 7) is 3.23. The summed E-state index contributed by atoms with van der Waals surface area (Å²) in [5.74, 6) is 0.704. The van der Waals surface area contributed by atoms with Crippen molar-refractivity contribution < 1.29 is 0 Å². The molecule has 0 amide bonds. The van der Waals surface area contributed by atoms with Crippen molar-refractivity contribution in [2.24, 2.45) is 0 Å². The van der Waals surface area contributed by atoms with Gasteiger partial charge in [0.1, 0.15) is 0 Å². The molecule has 0 saturated heterocycles. The highest BCUT2D eigenvalue weighted by Crippen LogP contribution is 1.96. The standard InChI is InChI=1S/C10H13N5O/c1-2-6-15-9(11-12-13-15)8-14-7-4-3-5-10(14)16/h3-5,7H,2,6,8H2,1H3. The molecule has 2 heterocycles. The summed E-state index contributed by atoms with van der Waals surface area (Å²) in [7, 11) is 0. The van der Waals surface area contributed by atoms with Crippen molar-refractivity contribution in [3.8, 4) is 0 Å². The van der Waals surface area contributed by atoms with E-state index in [1.165, 1.54) is 6.07 Å². The minimum Gasteiger partial charge on any atom is -0.308 e. The second kappa shape index (κ2) is 4.69. The van der Waals surface area contributed by atoms with Crippen LogP contribution in [0.1, 0.15) is 19.2 Å². The first kappa shape index (κ1) is 10.5. The Hall–Kier alpha value is -1.98. The molecular formula is C10H13N5O. The van der Waals surface area contributed by atoms with Crippen molar-refractivity contribution in [3.05, 3.63) is 40.6 Å². The van der Waals surface area contributed by atoms with E-state index in [0.29, 0.717) is 12.4 Å². The molecule has 0 spiro atoms. The minimum absolute atomic E-state index is 0.0476. The maximum absolute atomic E-state index is 11.5. The Morgan fingerprint density at radius 1 is 1.38 bits per heavy atom. The molecule has 2 aromatic rings. The van der Waals surface area contributed by atoms with Crippen molar-refractivity contribution in [3.63, 3.8) is 0 Å². The Bertz CT molecular complexity index is 516. The van der Waals surface area contributed by atoms with Crippen LogP contribution in [0, 0.1) is 0 Å². The molecule has 0 saturated carbocycles. The lowest BCUT2D eigenvalue weighted by atomic mass is 10.4. The van der Waals surface area contributed by atoms with E-state index in [-0.39, 0.29) is 5.56 Å². The zero-order valence-corrected chi connectivity index (χ0v) is 9.08. The quantitative estimate of drug-likeness (QED) is 0.741. The molecule has 6 heteroatoms. The topological polar surface area (TPSA) is 65.6 Å². The van der Waals surface area contributed by atoms with Crippen LogP contribution in [0.3, 0.4) is 0 Å². The molecule has 16 heavy (non-hydrogen) atoms. The number of aryl methyl sites for hydroxylation is 1. The van der Waals surface area contributed by atoms with Crippen LogP contribution in [0.5, 0.6) is 0 Å². The van der Waals surface area contributed by atoms with Gasteiger partial charge in [0.2, 0.25) is 0 Å². The third-order valence-corrected chi connectivity index (χ3v) is 2.25. The van der Waals surface area contributed by atoms with Gasteiger partial charge < -0.3 is 4.57 Å². The molecule has 0 radical (unpaired) electrons. The largest absolute Gasteiger partial charge is 0.308 e. The summed E-state index contributed by atoms with van der Waals surface area (Å²) in [5.41, 5.74) is -0.0476. The molecule has 0 aliphatic heterocycles. The van der Waals surface area contributed by atoms with E-state index in [2.05, 4.69) is 22.4 Å². The van der Waals surface area contributed by atoms with E-state index in [1.807, 2.05) is 6.07 Å². The Morgan fingerprint density at radius 3 is 3.00 bits per heavy atom. The normalized spacial score (nSPS) is 10.6. The summed E-state index contributed by atoms with van der Waals surface area (Å²) < 4.78 is 3.30. The fourth-order valence-electron chi connectivity index (χ4n) is 1.47. The molecule has 84 valence electrons. The molecule has 0 fully saturated rings. The van der Waals surface area contributed by atoms with Crippen LogP contribution in [0.2, 0.25) is 0 Å². The van der Waals surface area contributed by atoms with Gasteiger partial charge in [-0.25, -0.2) is 4.68 Å². The van der Waals surface area contributed by atoms with E-state index in [4.69, 9.17) is 0 Å². The van der Waals surface area contributed by atoms with Crippen molar-refractivity contribution in [1.82, 2.24) is 24.8 Å². The third kappa shape index (κ3) is 2.16. The highest BCUT2D eigenvalue weighted by Gasteiger charge is 2.06. The second-order valence-electron chi connectivity index (χ2n) is 3.49. The maximum atomic E-state index is 11.5. The molecule has 0 unspecified atom stereocenters. The molecule has 2 aromatic heterocycles. The number of tetrazole rings is 1. The average Bonchev–Trinajstić information content (AvgIpc) is 2.70. The van der Waals surface area contributed by atoms with Crippen molar-refractivity contribution in [2.75, 3.05) is 0 Å². The Kier molecular flexibility index (Phi) is 3.09. The number of hydrogen-bond donors (Lipinski definition) is 0. The monoisotopic (exact) mass is 219 g/mol. The highest BCUT2D eigenvalue weighted by molar-refractivity contribution is 4.96. The number of pyridine rings is 1. The highest BCUT2D eigenvalue weighted by atomic mass is 16.1. The number of nitrogens with zero attached hydrogens (tertiary/aromatic N) is 5. The summed E-state index contributed by atoms with van der Waals surface area (Å²) in [5, 5.41) is 11.4. The van der Waals surface area contributed by atoms with Crippen LogP contribution in [0.25, 0.3) is 0 Å². The molecule has 0 N–H and O–H groups in total. The van der Waals surface area contributed by atoms with E-state index in [9.17, 15) is 4.79 Å². The first-order valence-electron chi connectivity index (χ1n) is 5.21. The van der Waals surface area contributed by atoms with Crippen LogP contribution in [-0.4, -0.2) is 24.8 Å². The van der Waals surface area contributed by atoms with Crippen molar-refractivity contribution >= 4 is 0 Å². The van der Waals surface area contributed by atoms with Gasteiger partial charge in [0.25, 0.3) is 5.56 Å². The molecule has 0 aliphatic rings. The molecule has 0 bridgehead atoms. The zero-order valence-electron chi connectivity index (χ0n) is 9.08. The smallest absolute Gasteiger partial charge is 0.250 e. The van der Waals surface area contributed by atoms with Gasteiger partial charge in [-0.1, -0.05) is 13.0 Å². The average molecular weight is 219 g/mol. The van der Waals surface area contributed by atoms with Gasteiger partial charge in [-0.3, -0.25) is 4.79 Å². The Balaban J connectivity index is 2.24. The summed E-state index contributed by atoms with van der Waals surface area (Å²) in [6.07, 6.45) is 2.69. The predicted octanol–water partition coefficient (Wildman–Crippen LogP) is 0.293. The third-order valence-electron chi connectivity index (χ3n) is 2.25. The predicted molar refractivity (Wildman–Crippen MR) is 57.9 cm³/mol. The molecule has 0 atom stereocenters. The number of rotatable bonds is 4. The van der Waals surface area contributed by atoms with Gasteiger partial charge in [-0.05, 0) is 22.9 Å². The summed E-state index contributed by atoms with van der Waals surface area (Å²) in [4.78, 5) is 11.5. The number of hydrogen-bond acceptors (Lipinski definition) is 4. The molecule has 0 aliphatic carbocycles. The van der Waals surface area contributed by atoms with E-state index < -0.39 is 0 Å². The van der Waals surface area contributed by atoms with Crippen LogP contribution in [0.15, 0.2) is 29.2 Å². The van der Waals surface area contributed by atoms with Crippen LogP contribution >= 0.6 is 0 Å². The zero-order chi connectivity index (χ0) is 11.4. The first-order chi connectivity index (χ1) is 7.81. The van der Waals surface area contributed by atoms with Gasteiger partial charge in [0.15, 0.2) is 5.82 Å². The van der Waals surface area contributed by atoms with Gasteiger partial charge in [-0.2, -0.15) is 0 Å². The lowest BCUT2D eigenvalue weighted by Crippen LogP contribution is -2.20. The summed E-state index contributed by atoms with van der Waals surface area (Å²) >= 11 is 0. The van der Waals surface area contributed by atoms with E-state index in [0.717, 1.165) is 13.0 Å². The Morgan fingerprint density at radius 2 is 2.25 bits per heavy atom. The minimum atomic E-state index is -0.0476. The van der Waals surface area contributed by atoms with Crippen molar-refractivity contribution in [1.29, 1.82) is 0 Å². The van der Waals surface area contributed by atoms with E-state index >= 15 is 0 Å². The Labute approximate surface area is 92.5 Å². The molecule has 2 rings (SSSR count). The molecular weight excluding hydrogens is 206 g/mol. The number of aromatic nitrogens is 5. The lowest BCUT2D eigenvalue weighted by molar-refractivity contribution is 0.540.